The van der Waals surface area contributed by atoms with Crippen LogP contribution < -0.4 is 5.32 Å². The van der Waals surface area contributed by atoms with Crippen molar-refractivity contribution in [1.82, 2.24) is 15.3 Å². The van der Waals surface area contributed by atoms with Gasteiger partial charge in [0, 0.05) is 16.8 Å². The summed E-state index contributed by atoms with van der Waals surface area (Å²) in [5.74, 6) is 0. The fourth-order valence-corrected chi connectivity index (χ4v) is 2.95. The van der Waals surface area contributed by atoms with Crippen LogP contribution >= 0.6 is 22.7 Å². The van der Waals surface area contributed by atoms with Crippen molar-refractivity contribution < 1.29 is 0 Å². The van der Waals surface area contributed by atoms with Gasteiger partial charge in [0.25, 0.3) is 0 Å². The van der Waals surface area contributed by atoms with Gasteiger partial charge in [0.2, 0.25) is 0 Å². The minimum Gasteiger partial charge on any atom is -0.315 e. The third-order valence-electron chi connectivity index (χ3n) is 2.37. The number of nitrogens with zero attached hydrogens (tertiary/aromatic N) is 2. The van der Waals surface area contributed by atoms with Gasteiger partial charge in [-0.2, -0.15) is 0 Å². The van der Waals surface area contributed by atoms with Gasteiger partial charge < -0.3 is 5.32 Å². The maximum absolute atomic E-state index is 4.60. The predicted molar refractivity (Wildman–Crippen MR) is 74.7 cm³/mol. The summed E-state index contributed by atoms with van der Waals surface area (Å²) in [5, 5.41) is 8.64. The molecule has 0 radical (unpaired) electrons. The lowest BCUT2D eigenvalue weighted by Gasteiger charge is -2.06. The monoisotopic (exact) mass is 267 g/mol. The summed E-state index contributed by atoms with van der Waals surface area (Å²) >= 11 is 3.30. The molecule has 0 aliphatic rings. The molecule has 0 aromatic carbocycles. The molecule has 0 aliphatic heterocycles. The number of aryl methyl sites for hydroxylation is 1. The van der Waals surface area contributed by atoms with Crippen LogP contribution in [0, 0.1) is 0 Å². The number of thiazole rings is 2. The van der Waals surface area contributed by atoms with Gasteiger partial charge in [0.05, 0.1) is 11.2 Å². The molecule has 1 N–H and O–H groups in total. The van der Waals surface area contributed by atoms with Crippen molar-refractivity contribution in [3.63, 3.8) is 0 Å². The molecule has 92 valence electrons. The van der Waals surface area contributed by atoms with Gasteiger partial charge in [0.15, 0.2) is 0 Å². The largest absolute Gasteiger partial charge is 0.315 e. The van der Waals surface area contributed by atoms with Crippen LogP contribution in [-0.4, -0.2) is 22.6 Å². The lowest BCUT2D eigenvalue weighted by atomic mass is 10.2. The average molecular weight is 267 g/mol. The van der Waals surface area contributed by atoms with E-state index in [0.717, 1.165) is 30.1 Å². The van der Waals surface area contributed by atoms with Gasteiger partial charge in [-0.25, -0.2) is 9.97 Å². The summed E-state index contributed by atoms with van der Waals surface area (Å²) in [5.41, 5.74) is 4.04. The van der Waals surface area contributed by atoms with E-state index in [9.17, 15) is 0 Å². The minimum absolute atomic E-state index is 0.566. The summed E-state index contributed by atoms with van der Waals surface area (Å²) in [4.78, 5) is 8.88. The fourth-order valence-electron chi connectivity index (χ4n) is 1.52. The van der Waals surface area contributed by atoms with Crippen LogP contribution in [0.3, 0.4) is 0 Å². The summed E-state index contributed by atoms with van der Waals surface area (Å²) < 4.78 is 0. The highest BCUT2D eigenvalue weighted by atomic mass is 32.1. The molecule has 0 amide bonds. The molecule has 5 heteroatoms. The molecule has 0 fully saturated rings. The van der Waals surface area contributed by atoms with Gasteiger partial charge in [-0.1, -0.05) is 13.8 Å². The van der Waals surface area contributed by atoms with E-state index in [-0.39, 0.29) is 0 Å². The Balaban J connectivity index is 1.83. The Bertz CT molecular complexity index is 434. The first-order valence-electron chi connectivity index (χ1n) is 5.82. The second-order valence-electron chi connectivity index (χ2n) is 4.23. The van der Waals surface area contributed by atoms with Crippen LogP contribution in [0.5, 0.6) is 0 Å². The van der Waals surface area contributed by atoms with E-state index >= 15 is 0 Å². The Morgan fingerprint density at radius 3 is 2.94 bits per heavy atom. The van der Waals surface area contributed by atoms with Gasteiger partial charge in [-0.05, 0) is 19.4 Å². The third kappa shape index (κ3) is 3.87. The van der Waals surface area contributed by atoms with E-state index in [1.54, 1.807) is 22.7 Å². The molecule has 0 aliphatic carbocycles. The minimum atomic E-state index is 0.566. The number of nitrogens with one attached hydrogen (secondary N) is 1. The molecule has 0 atom stereocenters. The van der Waals surface area contributed by atoms with Gasteiger partial charge >= 0.3 is 0 Å². The molecule has 2 rings (SSSR count). The quantitative estimate of drug-likeness (QED) is 0.817. The maximum Gasteiger partial charge on any atom is 0.142 e. The molecule has 2 heterocycles. The Hall–Kier alpha value is -0.780. The second kappa shape index (κ2) is 6.23. The number of rotatable bonds is 6. The van der Waals surface area contributed by atoms with Crippen LogP contribution in [0.15, 0.2) is 16.3 Å². The number of hydrogen-bond acceptors (Lipinski definition) is 5. The fraction of sp³-hybridized carbons (Fsp3) is 0.500. The second-order valence-corrected chi connectivity index (χ2v) is 5.81. The van der Waals surface area contributed by atoms with Crippen molar-refractivity contribution >= 4 is 22.7 Å². The van der Waals surface area contributed by atoms with Crippen LogP contribution in [0.1, 0.15) is 26.0 Å². The normalized spacial score (nSPS) is 11.2. The number of hydrogen-bond donors (Lipinski definition) is 1. The molecular formula is C12H17N3S2. The predicted octanol–water partition coefficient (Wildman–Crippen LogP) is 3.20. The topological polar surface area (TPSA) is 37.8 Å². The highest BCUT2D eigenvalue weighted by molar-refractivity contribution is 7.13. The van der Waals surface area contributed by atoms with E-state index in [1.807, 2.05) is 10.9 Å². The summed E-state index contributed by atoms with van der Waals surface area (Å²) in [6.07, 6.45) is 2.18. The molecule has 17 heavy (non-hydrogen) atoms. The Labute approximate surface area is 110 Å². The zero-order chi connectivity index (χ0) is 12.1. The molecule has 0 spiro atoms. The highest BCUT2D eigenvalue weighted by Gasteiger charge is 2.06. The van der Waals surface area contributed by atoms with Crippen molar-refractivity contribution in [3.8, 4) is 10.7 Å². The van der Waals surface area contributed by atoms with Crippen molar-refractivity contribution in [2.75, 3.05) is 6.54 Å². The maximum atomic E-state index is 4.60. The molecule has 0 saturated carbocycles. The first kappa shape index (κ1) is 12.7. The zero-order valence-electron chi connectivity index (χ0n) is 10.1. The highest BCUT2D eigenvalue weighted by Crippen LogP contribution is 2.23. The van der Waals surface area contributed by atoms with Crippen molar-refractivity contribution in [1.29, 1.82) is 0 Å². The van der Waals surface area contributed by atoms with E-state index in [1.165, 1.54) is 5.69 Å². The lowest BCUT2D eigenvalue weighted by Crippen LogP contribution is -2.23. The molecule has 2 aromatic heterocycles. The van der Waals surface area contributed by atoms with Crippen LogP contribution in [0.25, 0.3) is 10.7 Å². The third-order valence-corrected chi connectivity index (χ3v) is 3.87. The van der Waals surface area contributed by atoms with Gasteiger partial charge in [-0.15, -0.1) is 22.7 Å². The molecule has 0 bridgehead atoms. The van der Waals surface area contributed by atoms with E-state index in [2.05, 4.69) is 34.5 Å². The smallest absolute Gasteiger partial charge is 0.142 e. The summed E-state index contributed by atoms with van der Waals surface area (Å²) in [6, 6.07) is 0.566. The van der Waals surface area contributed by atoms with E-state index in [0.29, 0.717) is 6.04 Å². The standard InChI is InChI=1S/C12H17N3S2/c1-9(2)13-5-3-4-10-6-17-12(15-10)11-7-16-8-14-11/h6-9,13H,3-5H2,1-2H3. The Morgan fingerprint density at radius 2 is 2.24 bits per heavy atom. The van der Waals surface area contributed by atoms with Crippen molar-refractivity contribution in [2.45, 2.75) is 32.7 Å². The summed E-state index contributed by atoms with van der Waals surface area (Å²) in [7, 11) is 0. The molecule has 0 unspecified atom stereocenters. The Morgan fingerprint density at radius 1 is 1.35 bits per heavy atom. The average Bonchev–Trinajstić information content (AvgIpc) is 2.94. The van der Waals surface area contributed by atoms with E-state index in [4.69, 9.17) is 0 Å². The van der Waals surface area contributed by atoms with Crippen molar-refractivity contribution in [2.24, 2.45) is 0 Å². The molecule has 2 aromatic rings. The van der Waals surface area contributed by atoms with Crippen LogP contribution in [-0.2, 0) is 6.42 Å². The van der Waals surface area contributed by atoms with Crippen LogP contribution in [0.2, 0.25) is 0 Å². The van der Waals surface area contributed by atoms with Crippen LogP contribution in [0.4, 0.5) is 0 Å². The van der Waals surface area contributed by atoms with Gasteiger partial charge in [0.1, 0.15) is 10.7 Å². The molecule has 0 saturated heterocycles. The SMILES string of the molecule is CC(C)NCCCc1csc(-c2cscn2)n1. The zero-order valence-corrected chi connectivity index (χ0v) is 11.8. The van der Waals surface area contributed by atoms with E-state index < -0.39 is 0 Å². The van der Waals surface area contributed by atoms with Crippen molar-refractivity contribution in [3.05, 3.63) is 22.0 Å². The Kier molecular flexibility index (Phi) is 4.65. The first-order chi connectivity index (χ1) is 8.25. The van der Waals surface area contributed by atoms with Gasteiger partial charge in [-0.3, -0.25) is 0 Å². The lowest BCUT2D eigenvalue weighted by molar-refractivity contribution is 0.569. The number of aromatic nitrogens is 2. The summed E-state index contributed by atoms with van der Waals surface area (Å²) in [6.45, 7) is 5.40. The molecule has 3 nitrogen and oxygen atoms in total. The first-order valence-corrected chi connectivity index (χ1v) is 7.64. The molecular weight excluding hydrogens is 250 g/mol.